The van der Waals surface area contributed by atoms with Crippen molar-refractivity contribution in [2.75, 3.05) is 7.11 Å². The van der Waals surface area contributed by atoms with Gasteiger partial charge in [-0.05, 0) is 39.3 Å². The third kappa shape index (κ3) is 3.38. The number of methoxy groups -OCH3 is 1. The Balaban J connectivity index is 2.00. The maximum Gasteiger partial charge on any atom is 0.309 e. The number of hydrogen-bond donors (Lipinski definition) is 1. The summed E-state index contributed by atoms with van der Waals surface area (Å²) >= 11 is 0. The molecule has 1 saturated heterocycles. The minimum absolute atomic E-state index is 0.0639. The highest BCUT2D eigenvalue weighted by molar-refractivity contribution is 5.73. The second kappa shape index (κ2) is 6.37. The number of benzene rings is 1. The highest BCUT2D eigenvalue weighted by atomic mass is 16.5. The van der Waals surface area contributed by atoms with Crippen molar-refractivity contribution in [3.05, 3.63) is 28.3 Å². The molecule has 1 aromatic rings. The largest absolute Gasteiger partial charge is 0.496 e. The maximum absolute atomic E-state index is 11.5. The first-order valence-corrected chi connectivity index (χ1v) is 8.66. The van der Waals surface area contributed by atoms with Crippen molar-refractivity contribution in [1.82, 2.24) is 0 Å². The normalized spacial score (nSPS) is 24.8. The zero-order chi connectivity index (χ0) is 18.4. The van der Waals surface area contributed by atoms with E-state index in [2.05, 4.69) is 20.8 Å². The van der Waals surface area contributed by atoms with Gasteiger partial charge in [-0.2, -0.15) is 0 Å². The number of carbonyl (C=O) groups excluding carboxylic acids is 1. The molecule has 5 nitrogen and oxygen atoms in total. The molecule has 0 saturated carbocycles. The van der Waals surface area contributed by atoms with E-state index >= 15 is 0 Å². The summed E-state index contributed by atoms with van der Waals surface area (Å²) in [5.41, 5.74) is 3.95. The molecule has 2 atom stereocenters. The van der Waals surface area contributed by atoms with Crippen molar-refractivity contribution in [3.63, 3.8) is 0 Å². The van der Waals surface area contributed by atoms with E-state index in [-0.39, 0.29) is 18.0 Å². The number of aliphatic hydroxyl groups is 1. The Morgan fingerprint density at radius 2 is 2.00 bits per heavy atom. The number of fused-ring (bicyclic) bond motifs is 1. The molecule has 0 aliphatic carbocycles. The first-order chi connectivity index (χ1) is 11.7. The van der Waals surface area contributed by atoms with E-state index in [4.69, 9.17) is 14.2 Å². The molecule has 5 heteroatoms. The lowest BCUT2D eigenvalue weighted by molar-refractivity contribution is -0.156. The molecule has 136 valence electrons. The van der Waals surface area contributed by atoms with Gasteiger partial charge in [0, 0.05) is 29.5 Å². The van der Waals surface area contributed by atoms with Gasteiger partial charge in [0.05, 0.1) is 19.6 Å². The van der Waals surface area contributed by atoms with Crippen LogP contribution in [0.3, 0.4) is 0 Å². The Kier molecular flexibility index (Phi) is 4.54. The summed E-state index contributed by atoms with van der Waals surface area (Å²) in [7, 11) is 1.68. The zero-order valence-corrected chi connectivity index (χ0v) is 15.5. The average molecular weight is 346 g/mol. The Labute approximate surface area is 148 Å². The lowest BCUT2D eigenvalue weighted by Crippen LogP contribution is -2.31. The van der Waals surface area contributed by atoms with Crippen molar-refractivity contribution < 1.29 is 24.1 Å². The second-order valence-corrected chi connectivity index (χ2v) is 7.52. The van der Waals surface area contributed by atoms with Crippen molar-refractivity contribution in [1.29, 1.82) is 0 Å². The van der Waals surface area contributed by atoms with Crippen LogP contribution in [0.5, 0.6) is 11.5 Å². The van der Waals surface area contributed by atoms with Gasteiger partial charge in [0.1, 0.15) is 23.2 Å². The molecule has 0 radical (unpaired) electrons. The molecule has 25 heavy (non-hydrogen) atoms. The van der Waals surface area contributed by atoms with Gasteiger partial charge < -0.3 is 19.3 Å². The fraction of sp³-hybridized carbons (Fsp3) is 0.550. The Morgan fingerprint density at radius 1 is 1.28 bits per heavy atom. The molecule has 0 unspecified atom stereocenters. The van der Waals surface area contributed by atoms with Gasteiger partial charge >= 0.3 is 5.97 Å². The molecule has 1 N–H and O–H groups in total. The maximum atomic E-state index is 11.5. The van der Waals surface area contributed by atoms with Gasteiger partial charge in [-0.25, -0.2) is 0 Å². The molecule has 3 rings (SSSR count). The Bertz CT molecular complexity index is 732. The third-order valence-corrected chi connectivity index (χ3v) is 4.91. The SMILES string of the molecule is COc1c(C)c(C=C[C@H]2C[C@H](O)CC(=O)O2)c2c(c1C)CC(C)(C)O2. The topological polar surface area (TPSA) is 65.0 Å². The molecule has 0 amide bonds. The molecular weight excluding hydrogens is 320 g/mol. The first kappa shape index (κ1) is 17.8. The molecule has 0 bridgehead atoms. The highest BCUT2D eigenvalue weighted by Crippen LogP contribution is 2.46. The summed E-state index contributed by atoms with van der Waals surface area (Å²) in [6.07, 6.45) is 3.98. The number of ether oxygens (including phenoxy) is 3. The number of aliphatic hydroxyl groups excluding tert-OH is 1. The minimum Gasteiger partial charge on any atom is -0.496 e. The lowest BCUT2D eigenvalue weighted by atomic mass is 9.92. The summed E-state index contributed by atoms with van der Waals surface area (Å²) in [5, 5.41) is 9.76. The van der Waals surface area contributed by atoms with E-state index in [0.29, 0.717) is 6.42 Å². The quantitative estimate of drug-likeness (QED) is 0.852. The summed E-state index contributed by atoms with van der Waals surface area (Å²) in [6.45, 7) is 8.20. The van der Waals surface area contributed by atoms with E-state index in [1.165, 1.54) is 0 Å². The molecule has 0 aromatic heterocycles. The first-order valence-electron chi connectivity index (χ1n) is 8.66. The predicted octanol–water partition coefficient (Wildman–Crippen LogP) is 3.11. The smallest absolute Gasteiger partial charge is 0.309 e. The summed E-state index contributed by atoms with van der Waals surface area (Å²) in [6, 6.07) is 0. The summed E-state index contributed by atoms with van der Waals surface area (Å²) in [5.74, 6) is 1.37. The van der Waals surface area contributed by atoms with Crippen LogP contribution in [0.25, 0.3) is 6.08 Å². The standard InChI is InChI=1S/C20H26O5/c1-11-15(7-6-14-8-13(21)9-17(22)24-14)19-16(10-20(3,4)25-19)12(2)18(11)23-5/h6-7,13-14,21H,8-10H2,1-5H3/t13-,14-/m0/s1. The second-order valence-electron chi connectivity index (χ2n) is 7.52. The highest BCUT2D eigenvalue weighted by Gasteiger charge is 2.35. The van der Waals surface area contributed by atoms with Crippen LogP contribution in [-0.4, -0.2) is 36.0 Å². The van der Waals surface area contributed by atoms with Gasteiger partial charge in [0.2, 0.25) is 0 Å². The number of esters is 1. The molecule has 0 spiro atoms. The van der Waals surface area contributed by atoms with E-state index in [1.807, 2.05) is 19.1 Å². The zero-order valence-electron chi connectivity index (χ0n) is 15.5. The number of cyclic esters (lactones) is 1. The van der Waals surface area contributed by atoms with Gasteiger partial charge in [0.15, 0.2) is 0 Å². The van der Waals surface area contributed by atoms with Crippen LogP contribution >= 0.6 is 0 Å². The van der Waals surface area contributed by atoms with Crippen LogP contribution in [0, 0.1) is 13.8 Å². The fourth-order valence-corrected chi connectivity index (χ4v) is 3.75. The number of carbonyl (C=O) groups is 1. The van der Waals surface area contributed by atoms with Gasteiger partial charge in [0.25, 0.3) is 0 Å². The van der Waals surface area contributed by atoms with Gasteiger partial charge in [-0.15, -0.1) is 0 Å². The molecular formula is C20H26O5. The molecule has 2 aliphatic heterocycles. The van der Waals surface area contributed by atoms with E-state index in [1.54, 1.807) is 7.11 Å². The van der Waals surface area contributed by atoms with Crippen LogP contribution in [0.2, 0.25) is 0 Å². The summed E-state index contributed by atoms with van der Waals surface area (Å²) in [4.78, 5) is 11.5. The molecule has 1 aromatic carbocycles. The van der Waals surface area contributed by atoms with Crippen molar-refractivity contribution in [3.8, 4) is 11.5 Å². The minimum atomic E-state index is -0.648. The van der Waals surface area contributed by atoms with Gasteiger partial charge in [-0.3, -0.25) is 4.79 Å². The van der Waals surface area contributed by atoms with E-state index < -0.39 is 12.2 Å². The van der Waals surface area contributed by atoms with Crippen LogP contribution in [0.15, 0.2) is 6.08 Å². The monoisotopic (exact) mass is 346 g/mol. The molecule has 1 fully saturated rings. The van der Waals surface area contributed by atoms with Crippen LogP contribution < -0.4 is 9.47 Å². The number of rotatable bonds is 3. The predicted molar refractivity (Wildman–Crippen MR) is 95.0 cm³/mol. The van der Waals surface area contributed by atoms with E-state index in [0.717, 1.165) is 40.2 Å². The lowest BCUT2D eigenvalue weighted by Gasteiger charge is -2.24. The van der Waals surface area contributed by atoms with Crippen molar-refractivity contribution >= 4 is 12.0 Å². The Hall–Kier alpha value is -2.01. The van der Waals surface area contributed by atoms with Crippen molar-refractivity contribution in [2.45, 2.75) is 64.8 Å². The fourth-order valence-electron chi connectivity index (χ4n) is 3.75. The third-order valence-electron chi connectivity index (χ3n) is 4.91. The van der Waals surface area contributed by atoms with Crippen LogP contribution in [0.1, 0.15) is 48.9 Å². The van der Waals surface area contributed by atoms with E-state index in [9.17, 15) is 9.90 Å². The van der Waals surface area contributed by atoms with Crippen LogP contribution in [0.4, 0.5) is 0 Å². The van der Waals surface area contributed by atoms with Gasteiger partial charge in [-0.1, -0.05) is 6.08 Å². The Morgan fingerprint density at radius 3 is 2.64 bits per heavy atom. The average Bonchev–Trinajstić information content (AvgIpc) is 2.82. The van der Waals surface area contributed by atoms with Crippen LogP contribution in [-0.2, 0) is 16.0 Å². The molecule has 2 heterocycles. The van der Waals surface area contributed by atoms with Crippen molar-refractivity contribution in [2.24, 2.45) is 0 Å². The number of hydrogen-bond acceptors (Lipinski definition) is 5. The summed E-state index contributed by atoms with van der Waals surface area (Å²) < 4.78 is 17.1. The molecule has 2 aliphatic rings.